The molecule has 0 aromatic heterocycles. The lowest BCUT2D eigenvalue weighted by atomic mass is 10.1. The molecule has 0 bridgehead atoms. The van der Waals surface area contributed by atoms with Crippen LogP contribution in [0.1, 0.15) is 51.5 Å². The number of rotatable bonds is 6. The van der Waals surface area contributed by atoms with Crippen molar-refractivity contribution < 1.29 is 43.4 Å². The van der Waals surface area contributed by atoms with E-state index in [2.05, 4.69) is 35.0 Å². The number of nitrogens with one attached hydrogen (secondary N) is 3. The van der Waals surface area contributed by atoms with Gasteiger partial charge in [-0.3, -0.25) is 28.8 Å². The number of ether oxygens (including phenoxy) is 1. The van der Waals surface area contributed by atoms with Crippen molar-refractivity contribution in [3.63, 3.8) is 0 Å². The Kier molecular flexibility index (Phi) is 20.1. The number of nitrogens with zero attached hydrogens (tertiary/aromatic N) is 3. The zero-order chi connectivity index (χ0) is 40.9. The monoisotopic (exact) mass is 767 g/mol. The van der Waals surface area contributed by atoms with E-state index in [4.69, 9.17) is 10.5 Å². The number of hydrogen-bond acceptors (Lipinski definition) is 10. The van der Waals surface area contributed by atoms with Crippen molar-refractivity contribution in [1.82, 2.24) is 25.3 Å². The van der Waals surface area contributed by atoms with E-state index in [0.29, 0.717) is 38.8 Å². The first-order valence-electron chi connectivity index (χ1n) is 18.4. The van der Waals surface area contributed by atoms with E-state index < -0.39 is 47.9 Å². The summed E-state index contributed by atoms with van der Waals surface area (Å²) < 4.78 is 5.33. The average Bonchev–Trinajstić information content (AvgIpc) is 3.81. The SMILES string of the molecule is CC1CC2C(=O)OCCC(=O)N3CCCC3C(=O)N(C)C(CCO)C(=O)NC(C)C(=O)N2C1.CNCC(N)=O.Cc1ccccc1.O=CNc1ccccc1. The molecule has 16 heteroatoms. The molecule has 0 saturated carbocycles. The Labute approximate surface area is 323 Å². The largest absolute Gasteiger partial charge is 0.464 e. The number of benzene rings is 2. The fourth-order valence-electron chi connectivity index (χ4n) is 6.26. The highest BCUT2D eigenvalue weighted by molar-refractivity contribution is 5.95. The number of nitrogens with two attached hydrogens (primary N) is 1. The standard InChI is InChI=1S/C22H34N4O7.C7H7NO.C7H8.C3H8N2O/c1-13-11-17-22(32)33-10-7-18(28)25-8-4-5-16(25)21(31)24(3)15(6-9-27)19(29)23-14(2)20(30)26(17)12-13;9-6-8-7-4-2-1-3-5-7;1-7-5-3-2-4-6-7;1-5-2-3(4)6/h13-17,27H,4-12H2,1-3H3,(H,23,29);1-6H,(H,8,9);2-6H,1H3;5H,2H2,1H3,(H2,4,6). The van der Waals surface area contributed by atoms with Gasteiger partial charge in [-0.15, -0.1) is 0 Å². The van der Waals surface area contributed by atoms with Gasteiger partial charge in [0.25, 0.3) is 0 Å². The van der Waals surface area contributed by atoms with Crippen LogP contribution in [0, 0.1) is 12.8 Å². The molecule has 2 aromatic carbocycles. The zero-order valence-electron chi connectivity index (χ0n) is 32.4. The van der Waals surface area contributed by atoms with Crippen molar-refractivity contribution in [2.75, 3.05) is 52.3 Å². The van der Waals surface area contributed by atoms with Crippen LogP contribution in [0.5, 0.6) is 0 Å². The highest BCUT2D eigenvalue weighted by Crippen LogP contribution is 2.26. The first-order chi connectivity index (χ1) is 26.2. The molecule has 6 amide bonds. The van der Waals surface area contributed by atoms with Gasteiger partial charge in [0, 0.05) is 32.4 Å². The highest BCUT2D eigenvalue weighted by Gasteiger charge is 2.43. The van der Waals surface area contributed by atoms with E-state index in [1.807, 2.05) is 55.5 Å². The molecule has 0 radical (unpaired) electrons. The quantitative estimate of drug-likeness (QED) is 0.206. The number of hydrogen-bond donors (Lipinski definition) is 5. The number of cyclic esters (lactones) is 1. The molecule has 302 valence electrons. The summed E-state index contributed by atoms with van der Waals surface area (Å²) in [6.45, 7) is 6.11. The number of likely N-dealkylation sites (N-methyl/N-ethyl adjacent to an activating group) is 2. The molecule has 3 aliphatic rings. The van der Waals surface area contributed by atoms with Crippen molar-refractivity contribution >= 4 is 47.6 Å². The molecule has 6 N–H and O–H groups in total. The van der Waals surface area contributed by atoms with Gasteiger partial charge < -0.3 is 46.2 Å². The van der Waals surface area contributed by atoms with E-state index >= 15 is 0 Å². The normalized spacial score (nSPS) is 22.9. The molecule has 3 heterocycles. The van der Waals surface area contributed by atoms with Crippen LogP contribution in [-0.2, 0) is 38.3 Å². The lowest BCUT2D eigenvalue weighted by Gasteiger charge is -2.34. The summed E-state index contributed by atoms with van der Waals surface area (Å²) in [7, 11) is 3.14. The fourth-order valence-corrected chi connectivity index (χ4v) is 6.26. The fraction of sp³-hybridized carbons (Fsp3) is 0.513. The average molecular weight is 768 g/mol. The van der Waals surface area contributed by atoms with Gasteiger partial charge in [-0.2, -0.15) is 0 Å². The van der Waals surface area contributed by atoms with E-state index in [1.54, 1.807) is 7.05 Å². The van der Waals surface area contributed by atoms with Crippen LogP contribution >= 0.6 is 0 Å². The van der Waals surface area contributed by atoms with Gasteiger partial charge in [0.15, 0.2) is 0 Å². The van der Waals surface area contributed by atoms with Gasteiger partial charge in [-0.25, -0.2) is 4.79 Å². The number of amides is 6. The lowest BCUT2D eigenvalue weighted by molar-refractivity contribution is -0.156. The molecule has 0 spiro atoms. The van der Waals surface area contributed by atoms with E-state index in [9.17, 15) is 38.7 Å². The second kappa shape index (κ2) is 24.1. The molecular weight excluding hydrogens is 710 g/mol. The van der Waals surface area contributed by atoms with Crippen LogP contribution in [-0.4, -0.2) is 133 Å². The molecule has 55 heavy (non-hydrogen) atoms. The summed E-state index contributed by atoms with van der Waals surface area (Å²) in [5.41, 5.74) is 6.85. The van der Waals surface area contributed by atoms with Crippen LogP contribution in [0.4, 0.5) is 5.69 Å². The summed E-state index contributed by atoms with van der Waals surface area (Å²) in [5, 5.41) is 17.3. The Morgan fingerprint density at radius 2 is 1.62 bits per heavy atom. The molecule has 3 fully saturated rings. The number of anilines is 1. The van der Waals surface area contributed by atoms with Crippen molar-refractivity contribution in [3.8, 4) is 0 Å². The van der Waals surface area contributed by atoms with Crippen LogP contribution in [0.2, 0.25) is 0 Å². The predicted molar refractivity (Wildman–Crippen MR) is 206 cm³/mol. The second-order valence-corrected chi connectivity index (χ2v) is 13.5. The number of aliphatic hydroxyl groups excluding tert-OH is 1. The van der Waals surface area contributed by atoms with Crippen LogP contribution in [0.15, 0.2) is 60.7 Å². The number of aliphatic hydroxyl groups is 1. The number of aryl methyl sites for hydroxylation is 1. The Hall–Kier alpha value is -5.35. The maximum Gasteiger partial charge on any atom is 0.328 e. The molecule has 5 rings (SSSR count). The first-order valence-corrected chi connectivity index (χ1v) is 18.4. The van der Waals surface area contributed by atoms with Crippen LogP contribution in [0.25, 0.3) is 0 Å². The minimum absolute atomic E-state index is 0.00858. The Balaban J connectivity index is 0.000000380. The number of para-hydroxylation sites is 1. The van der Waals surface area contributed by atoms with E-state index in [1.165, 1.54) is 34.2 Å². The third kappa shape index (κ3) is 15.1. The number of fused-ring (bicyclic) bond motifs is 2. The van der Waals surface area contributed by atoms with Crippen molar-refractivity contribution in [2.24, 2.45) is 11.7 Å². The summed E-state index contributed by atoms with van der Waals surface area (Å²) in [4.78, 5) is 88.5. The zero-order valence-corrected chi connectivity index (χ0v) is 32.4. The third-order valence-electron chi connectivity index (χ3n) is 9.02. The Morgan fingerprint density at radius 3 is 2.15 bits per heavy atom. The van der Waals surface area contributed by atoms with Gasteiger partial charge >= 0.3 is 5.97 Å². The van der Waals surface area contributed by atoms with Crippen molar-refractivity contribution in [3.05, 3.63) is 66.2 Å². The summed E-state index contributed by atoms with van der Waals surface area (Å²) in [6, 6.07) is 16.1. The molecule has 5 unspecified atom stereocenters. The van der Waals surface area contributed by atoms with Crippen molar-refractivity contribution in [2.45, 2.75) is 77.0 Å². The smallest absolute Gasteiger partial charge is 0.328 e. The molecule has 0 aliphatic carbocycles. The second-order valence-electron chi connectivity index (χ2n) is 13.5. The number of carbonyl (C=O) groups is 7. The molecule has 2 aromatic rings. The van der Waals surface area contributed by atoms with E-state index in [0.717, 1.165) is 5.69 Å². The predicted octanol–water partition coefficient (Wildman–Crippen LogP) is 0.816. The van der Waals surface area contributed by atoms with Crippen LogP contribution < -0.4 is 21.7 Å². The number of primary amides is 1. The van der Waals surface area contributed by atoms with Gasteiger partial charge in [0.1, 0.15) is 30.8 Å². The van der Waals surface area contributed by atoms with Gasteiger partial charge in [-0.05, 0) is 64.6 Å². The molecule has 3 saturated heterocycles. The Morgan fingerprint density at radius 1 is 0.982 bits per heavy atom. The third-order valence-corrected chi connectivity index (χ3v) is 9.02. The number of esters is 1. The molecule has 3 aliphatic heterocycles. The molecular formula is C39H57N7O9. The summed E-state index contributed by atoms with van der Waals surface area (Å²) >= 11 is 0. The van der Waals surface area contributed by atoms with Crippen molar-refractivity contribution in [1.29, 1.82) is 0 Å². The molecule has 16 nitrogen and oxygen atoms in total. The topological polar surface area (TPSA) is 221 Å². The first kappa shape index (κ1) is 45.8. The highest BCUT2D eigenvalue weighted by atomic mass is 16.5. The molecule has 5 atom stereocenters. The summed E-state index contributed by atoms with van der Waals surface area (Å²) in [5.74, 6) is -2.51. The summed E-state index contributed by atoms with van der Waals surface area (Å²) in [6.07, 6.45) is 2.14. The van der Waals surface area contributed by atoms with Gasteiger partial charge in [-0.1, -0.05) is 61.0 Å². The van der Waals surface area contributed by atoms with E-state index in [-0.39, 0.29) is 50.3 Å². The minimum atomic E-state index is -0.999. The lowest BCUT2D eigenvalue weighted by Crippen LogP contribution is -2.57. The van der Waals surface area contributed by atoms with Crippen LogP contribution in [0.3, 0.4) is 0 Å². The van der Waals surface area contributed by atoms with Gasteiger partial charge in [0.2, 0.25) is 35.9 Å². The number of carbonyl (C=O) groups excluding carboxylic acids is 7. The maximum atomic E-state index is 13.2. The minimum Gasteiger partial charge on any atom is -0.464 e. The Bertz CT molecular complexity index is 1550. The van der Waals surface area contributed by atoms with Gasteiger partial charge in [0.05, 0.1) is 13.0 Å². The maximum absolute atomic E-state index is 13.2.